The van der Waals surface area contributed by atoms with Gasteiger partial charge in [-0.1, -0.05) is 75.5 Å². The fraction of sp³-hybridized carbons (Fsp3) is 0.189. The van der Waals surface area contributed by atoms with E-state index in [1.807, 2.05) is 91.1 Å². The van der Waals surface area contributed by atoms with Gasteiger partial charge in [0.25, 0.3) is 0 Å². The second-order valence-corrected chi connectivity index (χ2v) is 16.7. The Hall–Kier alpha value is -3.63. The zero-order chi connectivity index (χ0) is 28.8. The molecule has 0 atom stereocenters. The summed E-state index contributed by atoms with van der Waals surface area (Å²) in [6.07, 6.45) is 5.09. The first kappa shape index (κ1) is 31.3. The van der Waals surface area contributed by atoms with Crippen LogP contribution in [0.3, 0.4) is 0 Å². The molecule has 0 amide bonds. The minimum atomic E-state index is -1.34. The van der Waals surface area contributed by atoms with Crippen molar-refractivity contribution in [2.45, 2.75) is 39.9 Å². The molecular weight excluding hydrogens is 709 g/mol. The van der Waals surface area contributed by atoms with E-state index in [0.29, 0.717) is 5.92 Å². The fourth-order valence-electron chi connectivity index (χ4n) is 4.86. The number of furan rings is 1. The normalized spacial score (nSPS) is 11.1. The molecule has 42 heavy (non-hydrogen) atoms. The van der Waals surface area contributed by atoms with Crippen LogP contribution in [-0.4, -0.2) is 18.0 Å². The third-order valence-corrected chi connectivity index (χ3v) is 8.92. The maximum atomic E-state index is 5.96. The van der Waals surface area contributed by atoms with Gasteiger partial charge in [-0.15, -0.1) is 71.8 Å². The zero-order valence-electron chi connectivity index (χ0n) is 24.8. The van der Waals surface area contributed by atoms with Crippen LogP contribution >= 0.6 is 0 Å². The van der Waals surface area contributed by atoms with Gasteiger partial charge in [0.15, 0.2) is 0 Å². The molecule has 0 saturated heterocycles. The number of nitrogens with zero attached hydrogens (tertiary/aromatic N) is 2. The van der Waals surface area contributed by atoms with E-state index < -0.39 is 8.07 Å². The summed E-state index contributed by atoms with van der Waals surface area (Å²) in [6.45, 7) is 11.7. The van der Waals surface area contributed by atoms with Gasteiger partial charge in [-0.25, -0.2) is 0 Å². The molecule has 0 saturated carbocycles. The Labute approximate surface area is 264 Å². The van der Waals surface area contributed by atoms with Crippen LogP contribution in [0.2, 0.25) is 19.6 Å². The van der Waals surface area contributed by atoms with Crippen molar-refractivity contribution >= 4 is 24.2 Å². The molecular formula is C37H36IrN2OSi-2. The van der Waals surface area contributed by atoms with Crippen molar-refractivity contribution < 1.29 is 24.5 Å². The molecule has 0 aliphatic carbocycles. The number of fused-ring (bicyclic) bond motifs is 1. The number of hydrogen-bond donors (Lipinski definition) is 0. The molecule has 0 aliphatic heterocycles. The molecule has 0 bridgehead atoms. The SMILES string of the molecule is CC(C)Cc1cc(-c2[c-]cccc2)ncc1[Si](C)(C)C.[Ir].[c-]1ccccc1-c1cc2oc(-c3ccccc3)cc2cn1. The smallest absolute Gasteiger partial charge is 0.135 e. The van der Waals surface area contributed by atoms with E-state index in [2.05, 4.69) is 73.9 Å². The Morgan fingerprint density at radius 1 is 0.738 bits per heavy atom. The minimum Gasteiger partial charge on any atom is -0.457 e. The molecule has 3 aromatic heterocycles. The second kappa shape index (κ2) is 14.0. The van der Waals surface area contributed by atoms with Crippen LogP contribution < -0.4 is 5.19 Å². The molecule has 1 radical (unpaired) electrons. The van der Waals surface area contributed by atoms with Gasteiger partial charge < -0.3 is 14.4 Å². The topological polar surface area (TPSA) is 38.9 Å². The summed E-state index contributed by atoms with van der Waals surface area (Å²) in [7, 11) is -1.34. The average molecular weight is 745 g/mol. The molecule has 3 aromatic carbocycles. The summed E-state index contributed by atoms with van der Waals surface area (Å²) in [5, 5.41) is 2.50. The van der Waals surface area contributed by atoms with E-state index in [1.54, 1.807) is 0 Å². The summed E-state index contributed by atoms with van der Waals surface area (Å²) in [4.78, 5) is 9.18. The molecule has 6 rings (SSSR count). The van der Waals surface area contributed by atoms with E-state index in [4.69, 9.17) is 4.42 Å². The van der Waals surface area contributed by atoms with Crippen LogP contribution in [0.25, 0.3) is 44.8 Å². The van der Waals surface area contributed by atoms with Crippen molar-refractivity contribution in [3.63, 3.8) is 0 Å². The molecule has 6 aromatic rings. The number of aromatic nitrogens is 2. The maximum absolute atomic E-state index is 5.96. The fourth-order valence-corrected chi connectivity index (χ4v) is 6.45. The predicted octanol–water partition coefficient (Wildman–Crippen LogP) is 9.25. The number of rotatable bonds is 6. The van der Waals surface area contributed by atoms with Gasteiger partial charge >= 0.3 is 0 Å². The van der Waals surface area contributed by atoms with Crippen molar-refractivity contribution in [2.75, 3.05) is 0 Å². The van der Waals surface area contributed by atoms with Crippen molar-refractivity contribution in [3.05, 3.63) is 127 Å². The predicted molar refractivity (Wildman–Crippen MR) is 174 cm³/mol. The molecule has 3 nitrogen and oxygen atoms in total. The number of benzene rings is 3. The van der Waals surface area contributed by atoms with Gasteiger partial charge in [-0.3, -0.25) is 0 Å². The van der Waals surface area contributed by atoms with E-state index in [1.165, 1.54) is 10.8 Å². The summed E-state index contributed by atoms with van der Waals surface area (Å²) in [5.74, 6) is 1.53. The van der Waals surface area contributed by atoms with Crippen LogP contribution in [0.4, 0.5) is 0 Å². The van der Waals surface area contributed by atoms with Gasteiger partial charge in [0.05, 0.1) is 8.07 Å². The van der Waals surface area contributed by atoms with Gasteiger partial charge in [0, 0.05) is 43.4 Å². The maximum Gasteiger partial charge on any atom is 0.135 e. The zero-order valence-corrected chi connectivity index (χ0v) is 28.2. The van der Waals surface area contributed by atoms with Gasteiger partial charge in [0.2, 0.25) is 0 Å². The Morgan fingerprint density at radius 3 is 1.90 bits per heavy atom. The van der Waals surface area contributed by atoms with Crippen molar-refractivity contribution in [2.24, 2.45) is 5.92 Å². The van der Waals surface area contributed by atoms with Crippen LogP contribution in [0.1, 0.15) is 19.4 Å². The van der Waals surface area contributed by atoms with E-state index in [-0.39, 0.29) is 20.1 Å². The summed E-state index contributed by atoms with van der Waals surface area (Å²) >= 11 is 0. The van der Waals surface area contributed by atoms with E-state index in [9.17, 15) is 0 Å². The Balaban J connectivity index is 0.000000189. The minimum absolute atomic E-state index is 0. The molecule has 215 valence electrons. The molecule has 0 aliphatic rings. The molecule has 0 spiro atoms. The first-order valence-electron chi connectivity index (χ1n) is 14.2. The van der Waals surface area contributed by atoms with Crippen molar-refractivity contribution in [3.8, 4) is 33.8 Å². The van der Waals surface area contributed by atoms with Gasteiger partial charge in [-0.05, 0) is 41.0 Å². The largest absolute Gasteiger partial charge is 0.457 e. The Morgan fingerprint density at radius 2 is 1.33 bits per heavy atom. The van der Waals surface area contributed by atoms with Gasteiger partial charge in [-0.2, -0.15) is 0 Å². The first-order chi connectivity index (χ1) is 19.8. The van der Waals surface area contributed by atoms with Gasteiger partial charge in [0.1, 0.15) is 11.3 Å². The first-order valence-corrected chi connectivity index (χ1v) is 17.7. The van der Waals surface area contributed by atoms with Crippen molar-refractivity contribution in [1.82, 2.24) is 9.97 Å². The van der Waals surface area contributed by atoms with Crippen LogP contribution in [0.5, 0.6) is 0 Å². The summed E-state index contributed by atoms with van der Waals surface area (Å²) in [6, 6.07) is 38.7. The quantitative estimate of drug-likeness (QED) is 0.126. The number of hydrogen-bond acceptors (Lipinski definition) is 3. The van der Waals surface area contributed by atoms with Crippen LogP contribution in [0, 0.1) is 18.1 Å². The Bertz CT molecular complexity index is 1670. The summed E-state index contributed by atoms with van der Waals surface area (Å²) < 4.78 is 5.96. The second-order valence-electron chi connectivity index (χ2n) is 11.7. The standard InChI is InChI=1S/C19H12NO.C18H24NSi.Ir/c1-3-7-14(8-4-1)17-12-19-16(13-20-17)11-18(21-19)15-9-5-2-6-10-15;1-14(2)11-16-12-17(15-9-7-6-8-10-15)19-13-18(16)20(3,4)5;/h1-7,9-13H;6-9,12-14H,11H2,1-5H3;/q2*-1;. The molecule has 0 unspecified atom stereocenters. The average Bonchev–Trinajstić information content (AvgIpc) is 3.42. The van der Waals surface area contributed by atoms with Crippen LogP contribution in [-0.2, 0) is 26.5 Å². The summed E-state index contributed by atoms with van der Waals surface area (Å²) in [5.41, 5.74) is 7.36. The molecule has 0 N–H and O–H groups in total. The third kappa shape index (κ3) is 7.80. The Kier molecular flexibility index (Phi) is 10.5. The monoisotopic (exact) mass is 745 g/mol. The van der Waals surface area contributed by atoms with Crippen molar-refractivity contribution in [1.29, 1.82) is 0 Å². The molecule has 3 heterocycles. The molecule has 5 heteroatoms. The van der Waals surface area contributed by atoms with Crippen LogP contribution in [0.15, 0.2) is 114 Å². The van der Waals surface area contributed by atoms with E-state index in [0.717, 1.165) is 51.2 Å². The molecule has 0 fully saturated rings. The number of pyridine rings is 2. The third-order valence-electron chi connectivity index (χ3n) is 6.86. The van der Waals surface area contributed by atoms with E-state index >= 15 is 0 Å².